The first-order chi connectivity index (χ1) is 9.19. The Morgan fingerprint density at radius 1 is 1.42 bits per heavy atom. The second-order valence-corrected chi connectivity index (χ2v) is 5.36. The predicted octanol–water partition coefficient (Wildman–Crippen LogP) is 4.07. The van der Waals surface area contributed by atoms with E-state index in [4.69, 9.17) is 27.9 Å². The first kappa shape index (κ1) is 14.6. The Balaban J connectivity index is 2.50. The van der Waals surface area contributed by atoms with E-state index in [1.165, 1.54) is 0 Å². The molecule has 0 spiro atoms. The molecule has 19 heavy (non-hydrogen) atoms. The van der Waals surface area contributed by atoms with Crippen LogP contribution >= 0.6 is 23.2 Å². The summed E-state index contributed by atoms with van der Waals surface area (Å²) in [5, 5.41) is 0.732. The third-order valence-corrected chi connectivity index (χ3v) is 3.73. The predicted molar refractivity (Wildman–Crippen MR) is 80.4 cm³/mol. The van der Waals surface area contributed by atoms with Crippen LogP contribution in [0.25, 0.3) is 11.0 Å². The quantitative estimate of drug-likeness (QED) is 0.752. The van der Waals surface area contributed by atoms with Crippen molar-refractivity contribution in [2.75, 3.05) is 19.6 Å². The van der Waals surface area contributed by atoms with Gasteiger partial charge in [0.2, 0.25) is 0 Å². The van der Waals surface area contributed by atoms with Crippen molar-refractivity contribution in [1.29, 1.82) is 0 Å². The van der Waals surface area contributed by atoms with Gasteiger partial charge in [0.25, 0.3) is 0 Å². The second-order valence-electron chi connectivity index (χ2n) is 4.58. The molecule has 104 valence electrons. The Morgan fingerprint density at radius 2 is 2.21 bits per heavy atom. The Labute approximate surface area is 123 Å². The average Bonchev–Trinajstić information content (AvgIpc) is 2.76. The molecule has 1 heterocycles. The number of halogens is 2. The maximum absolute atomic E-state index is 6.33. The third-order valence-electron chi connectivity index (χ3n) is 3.23. The molecule has 0 N–H and O–H groups in total. The molecular weight excluding hydrogens is 283 g/mol. The van der Waals surface area contributed by atoms with Gasteiger partial charge in [-0.25, -0.2) is 4.98 Å². The van der Waals surface area contributed by atoms with Gasteiger partial charge in [0.15, 0.2) is 0 Å². The van der Waals surface area contributed by atoms with Gasteiger partial charge in [0.1, 0.15) is 5.82 Å². The fourth-order valence-electron chi connectivity index (χ4n) is 2.31. The molecule has 0 saturated carbocycles. The lowest BCUT2D eigenvalue weighted by Crippen LogP contribution is -2.12. The first-order valence-electron chi connectivity index (χ1n) is 6.39. The molecule has 0 radical (unpaired) electrons. The van der Waals surface area contributed by atoms with Crippen LogP contribution in [0.15, 0.2) is 18.2 Å². The van der Waals surface area contributed by atoms with Gasteiger partial charge in [-0.1, -0.05) is 17.7 Å². The van der Waals surface area contributed by atoms with E-state index in [9.17, 15) is 0 Å². The highest BCUT2D eigenvalue weighted by molar-refractivity contribution is 6.35. The molecule has 0 saturated heterocycles. The lowest BCUT2D eigenvalue weighted by atomic mass is 10.2. The van der Waals surface area contributed by atoms with E-state index < -0.39 is 0 Å². The minimum Gasteiger partial charge on any atom is -0.385 e. The van der Waals surface area contributed by atoms with Crippen LogP contribution in [-0.2, 0) is 11.2 Å². The van der Waals surface area contributed by atoms with Gasteiger partial charge in [0, 0.05) is 32.1 Å². The van der Waals surface area contributed by atoms with Crippen LogP contribution in [0.4, 0.5) is 0 Å². The molecule has 0 amide bonds. The molecule has 1 aromatic heterocycles. The first-order valence-corrected chi connectivity index (χ1v) is 7.30. The van der Waals surface area contributed by atoms with Gasteiger partial charge in [-0.05, 0) is 25.5 Å². The van der Waals surface area contributed by atoms with Crippen molar-refractivity contribution in [3.63, 3.8) is 0 Å². The molecule has 2 aromatic rings. The number of hydrogen-bond donors (Lipinski definition) is 0. The minimum absolute atomic E-state index is 0.281. The van der Waals surface area contributed by atoms with Crippen molar-refractivity contribution in [3.05, 3.63) is 29.0 Å². The zero-order valence-electron chi connectivity index (χ0n) is 11.2. The van der Waals surface area contributed by atoms with E-state index in [2.05, 4.69) is 16.5 Å². The van der Waals surface area contributed by atoms with Crippen molar-refractivity contribution in [2.24, 2.45) is 0 Å². The zero-order valence-corrected chi connectivity index (χ0v) is 12.7. The summed E-state index contributed by atoms with van der Waals surface area (Å²) in [6, 6.07) is 6.09. The lowest BCUT2D eigenvalue weighted by Gasteiger charge is -2.17. The highest BCUT2D eigenvalue weighted by Crippen LogP contribution is 2.29. The molecule has 0 bridgehead atoms. The van der Waals surface area contributed by atoms with Gasteiger partial charge >= 0.3 is 0 Å². The lowest BCUT2D eigenvalue weighted by molar-refractivity contribution is 0.181. The zero-order chi connectivity index (χ0) is 13.8. The number of benzene rings is 1. The van der Waals surface area contributed by atoms with Crippen LogP contribution in [-0.4, -0.2) is 29.1 Å². The monoisotopic (exact) mass is 300 g/mol. The van der Waals surface area contributed by atoms with Crippen molar-refractivity contribution in [3.8, 4) is 0 Å². The van der Waals surface area contributed by atoms with Crippen molar-refractivity contribution in [1.82, 2.24) is 9.55 Å². The SMILES string of the molecule is COCCC(C)n1c(CCCl)nc2cccc(Cl)c21. The normalized spacial score (nSPS) is 13.1. The molecule has 5 heteroatoms. The van der Waals surface area contributed by atoms with Crippen LogP contribution in [0.2, 0.25) is 5.02 Å². The fourth-order valence-corrected chi connectivity index (χ4v) is 2.74. The number of alkyl halides is 1. The number of para-hydroxylation sites is 1. The van der Waals surface area contributed by atoms with Gasteiger partial charge in [-0.3, -0.25) is 0 Å². The summed E-state index contributed by atoms with van der Waals surface area (Å²) in [5.41, 5.74) is 1.92. The molecule has 1 aromatic carbocycles. The molecule has 0 aliphatic rings. The van der Waals surface area contributed by atoms with Gasteiger partial charge in [0.05, 0.1) is 16.1 Å². The van der Waals surface area contributed by atoms with Crippen molar-refractivity contribution < 1.29 is 4.74 Å². The molecule has 0 fully saturated rings. The third kappa shape index (κ3) is 3.04. The summed E-state index contributed by atoms with van der Waals surface area (Å²) in [5.74, 6) is 1.54. The number of ether oxygens (including phenoxy) is 1. The molecular formula is C14H18Cl2N2O. The maximum atomic E-state index is 6.33. The summed E-state index contributed by atoms with van der Waals surface area (Å²) in [6.07, 6.45) is 1.66. The molecule has 0 aliphatic heterocycles. The smallest absolute Gasteiger partial charge is 0.111 e. The highest BCUT2D eigenvalue weighted by Gasteiger charge is 2.17. The van der Waals surface area contributed by atoms with E-state index in [0.717, 1.165) is 34.7 Å². The molecule has 0 aliphatic carbocycles. The molecule has 3 nitrogen and oxygen atoms in total. The number of aromatic nitrogens is 2. The summed E-state index contributed by atoms with van der Waals surface area (Å²) in [7, 11) is 1.71. The Kier molecular flexibility index (Phi) is 5.08. The largest absolute Gasteiger partial charge is 0.385 e. The van der Waals surface area contributed by atoms with Gasteiger partial charge in [-0.15, -0.1) is 11.6 Å². The Morgan fingerprint density at radius 3 is 2.89 bits per heavy atom. The maximum Gasteiger partial charge on any atom is 0.111 e. The summed E-state index contributed by atoms with van der Waals surface area (Å²) >= 11 is 12.2. The number of fused-ring (bicyclic) bond motifs is 1. The Hall–Kier alpha value is -0.770. The van der Waals surface area contributed by atoms with Crippen LogP contribution in [0, 0.1) is 0 Å². The van der Waals surface area contributed by atoms with Crippen molar-refractivity contribution in [2.45, 2.75) is 25.8 Å². The van der Waals surface area contributed by atoms with E-state index >= 15 is 0 Å². The minimum atomic E-state index is 0.281. The van der Waals surface area contributed by atoms with Gasteiger partial charge < -0.3 is 9.30 Å². The van der Waals surface area contributed by atoms with Crippen LogP contribution in [0.3, 0.4) is 0 Å². The molecule has 1 atom stereocenters. The number of nitrogens with zero attached hydrogens (tertiary/aromatic N) is 2. The Bertz CT molecular complexity index is 554. The number of rotatable bonds is 6. The average molecular weight is 301 g/mol. The van der Waals surface area contributed by atoms with Crippen LogP contribution < -0.4 is 0 Å². The second kappa shape index (κ2) is 6.60. The fraction of sp³-hybridized carbons (Fsp3) is 0.500. The van der Waals surface area contributed by atoms with E-state index in [1.54, 1.807) is 7.11 Å². The summed E-state index contributed by atoms with van der Waals surface area (Å²) < 4.78 is 7.35. The van der Waals surface area contributed by atoms with E-state index in [-0.39, 0.29) is 6.04 Å². The standard InChI is InChI=1S/C14H18Cl2N2O/c1-10(7-9-19-2)18-13(6-8-15)17-12-5-3-4-11(16)14(12)18/h3-5,10H,6-9H2,1-2H3. The topological polar surface area (TPSA) is 27.1 Å². The van der Waals surface area contributed by atoms with Gasteiger partial charge in [-0.2, -0.15) is 0 Å². The number of imidazole rings is 1. The van der Waals surface area contributed by atoms with Crippen LogP contribution in [0.5, 0.6) is 0 Å². The number of methoxy groups -OCH3 is 1. The van der Waals surface area contributed by atoms with Crippen molar-refractivity contribution >= 4 is 34.2 Å². The number of aryl methyl sites for hydroxylation is 1. The number of hydrogen-bond acceptors (Lipinski definition) is 2. The molecule has 2 rings (SSSR count). The molecule has 1 unspecified atom stereocenters. The highest BCUT2D eigenvalue weighted by atomic mass is 35.5. The van der Waals surface area contributed by atoms with E-state index in [1.807, 2.05) is 18.2 Å². The van der Waals surface area contributed by atoms with E-state index in [0.29, 0.717) is 12.5 Å². The summed E-state index contributed by atoms with van der Waals surface area (Å²) in [4.78, 5) is 4.65. The van der Waals surface area contributed by atoms with Crippen LogP contribution in [0.1, 0.15) is 25.2 Å². The summed E-state index contributed by atoms with van der Waals surface area (Å²) in [6.45, 7) is 2.87.